The van der Waals surface area contributed by atoms with Crippen molar-refractivity contribution in [1.82, 2.24) is 0 Å². The minimum Gasteiger partial charge on any atom is -0.478 e. The van der Waals surface area contributed by atoms with Crippen LogP contribution in [0.1, 0.15) is 30.4 Å². The molecule has 5 nitrogen and oxygen atoms in total. The number of carbonyl (C=O) groups is 2. The van der Waals surface area contributed by atoms with E-state index in [4.69, 9.17) is 9.84 Å². The van der Waals surface area contributed by atoms with Crippen molar-refractivity contribution in [3.05, 3.63) is 35.4 Å². The first-order chi connectivity index (χ1) is 10.1. The van der Waals surface area contributed by atoms with Crippen molar-refractivity contribution in [3.8, 4) is 0 Å². The number of amides is 1. The molecule has 1 fully saturated rings. The van der Waals surface area contributed by atoms with E-state index in [2.05, 4.69) is 5.32 Å². The SMILES string of the molecule is Cc1cc(C=CC(=O)O)ccc1NC(=O)C1CCCCO1. The van der Waals surface area contributed by atoms with Crippen LogP contribution in [-0.2, 0) is 14.3 Å². The molecule has 2 N–H and O–H groups in total. The number of rotatable bonds is 4. The van der Waals surface area contributed by atoms with E-state index >= 15 is 0 Å². The Morgan fingerprint density at radius 3 is 2.81 bits per heavy atom. The monoisotopic (exact) mass is 289 g/mol. The molecule has 112 valence electrons. The molecule has 0 bridgehead atoms. The minimum absolute atomic E-state index is 0.119. The summed E-state index contributed by atoms with van der Waals surface area (Å²) in [5.41, 5.74) is 2.38. The summed E-state index contributed by atoms with van der Waals surface area (Å²) in [6.07, 6.45) is 5.01. The summed E-state index contributed by atoms with van der Waals surface area (Å²) < 4.78 is 5.45. The molecule has 1 atom stereocenters. The zero-order valence-electron chi connectivity index (χ0n) is 12.0. The third kappa shape index (κ3) is 4.43. The molecular formula is C16H19NO4. The highest BCUT2D eigenvalue weighted by Gasteiger charge is 2.22. The number of hydrogen-bond donors (Lipinski definition) is 2. The van der Waals surface area contributed by atoms with Gasteiger partial charge in [0.05, 0.1) is 0 Å². The fraction of sp³-hybridized carbons (Fsp3) is 0.375. The molecule has 2 rings (SSSR count). The second kappa shape index (κ2) is 7.04. The predicted octanol–water partition coefficient (Wildman–Crippen LogP) is 2.60. The zero-order valence-corrected chi connectivity index (χ0v) is 12.0. The molecule has 1 saturated heterocycles. The quantitative estimate of drug-likeness (QED) is 0.835. The Balaban J connectivity index is 2.03. The van der Waals surface area contributed by atoms with Gasteiger partial charge in [0, 0.05) is 18.4 Å². The van der Waals surface area contributed by atoms with Crippen LogP contribution in [0, 0.1) is 6.92 Å². The van der Waals surface area contributed by atoms with Gasteiger partial charge in [0.25, 0.3) is 5.91 Å². The molecule has 0 aromatic heterocycles. The number of carboxylic acids is 1. The van der Waals surface area contributed by atoms with Crippen molar-refractivity contribution in [2.75, 3.05) is 11.9 Å². The molecule has 0 saturated carbocycles. The molecule has 1 aliphatic rings. The van der Waals surface area contributed by atoms with Crippen LogP contribution in [-0.4, -0.2) is 29.7 Å². The number of hydrogen-bond acceptors (Lipinski definition) is 3. The van der Waals surface area contributed by atoms with Crippen molar-refractivity contribution in [2.45, 2.75) is 32.3 Å². The third-order valence-electron chi connectivity index (χ3n) is 3.40. The van der Waals surface area contributed by atoms with Gasteiger partial charge in [-0.3, -0.25) is 4.79 Å². The molecule has 21 heavy (non-hydrogen) atoms. The van der Waals surface area contributed by atoms with E-state index < -0.39 is 5.97 Å². The lowest BCUT2D eigenvalue weighted by Crippen LogP contribution is -2.33. The second-order valence-corrected chi connectivity index (χ2v) is 5.09. The number of ether oxygens (including phenoxy) is 1. The topological polar surface area (TPSA) is 75.6 Å². The molecule has 1 heterocycles. The summed E-state index contributed by atoms with van der Waals surface area (Å²) in [7, 11) is 0. The molecule has 0 spiro atoms. The van der Waals surface area contributed by atoms with E-state index in [1.165, 1.54) is 6.08 Å². The van der Waals surface area contributed by atoms with Crippen molar-refractivity contribution in [2.24, 2.45) is 0 Å². The lowest BCUT2D eigenvalue weighted by molar-refractivity contribution is -0.131. The Labute approximate surface area is 123 Å². The molecule has 1 amide bonds. The summed E-state index contributed by atoms with van der Waals surface area (Å²) in [5.74, 6) is -1.11. The molecule has 0 radical (unpaired) electrons. The Morgan fingerprint density at radius 2 is 2.19 bits per heavy atom. The van der Waals surface area contributed by atoms with Crippen molar-refractivity contribution < 1.29 is 19.4 Å². The Kier molecular flexibility index (Phi) is 5.11. The van der Waals surface area contributed by atoms with Gasteiger partial charge in [0.1, 0.15) is 6.10 Å². The third-order valence-corrected chi connectivity index (χ3v) is 3.40. The van der Waals surface area contributed by atoms with E-state index in [0.717, 1.165) is 42.2 Å². The smallest absolute Gasteiger partial charge is 0.328 e. The van der Waals surface area contributed by atoms with Gasteiger partial charge in [-0.05, 0) is 55.5 Å². The minimum atomic E-state index is -0.987. The Bertz CT molecular complexity index is 559. The number of aryl methyl sites for hydroxylation is 1. The van der Waals surface area contributed by atoms with Gasteiger partial charge in [-0.15, -0.1) is 0 Å². The fourth-order valence-electron chi connectivity index (χ4n) is 2.26. The predicted molar refractivity (Wildman–Crippen MR) is 80.1 cm³/mol. The standard InChI is InChI=1S/C16H19NO4/c1-11-10-12(6-8-15(18)19)5-7-13(11)17-16(20)14-4-2-3-9-21-14/h5-8,10,14H,2-4,9H2,1H3,(H,17,20)(H,18,19). The van der Waals surface area contributed by atoms with Gasteiger partial charge in [-0.1, -0.05) is 6.07 Å². The van der Waals surface area contributed by atoms with Gasteiger partial charge in [-0.2, -0.15) is 0 Å². The average Bonchev–Trinajstić information content (AvgIpc) is 2.48. The van der Waals surface area contributed by atoms with Gasteiger partial charge in [0.15, 0.2) is 0 Å². The largest absolute Gasteiger partial charge is 0.478 e. The Hall–Kier alpha value is -2.14. The Morgan fingerprint density at radius 1 is 1.38 bits per heavy atom. The number of benzene rings is 1. The number of anilines is 1. The van der Waals surface area contributed by atoms with Gasteiger partial charge >= 0.3 is 5.97 Å². The molecular weight excluding hydrogens is 270 g/mol. The van der Waals surface area contributed by atoms with E-state index in [0.29, 0.717) is 6.61 Å². The summed E-state index contributed by atoms with van der Waals surface area (Å²) in [6.45, 7) is 2.51. The zero-order chi connectivity index (χ0) is 15.2. The lowest BCUT2D eigenvalue weighted by atomic mass is 10.1. The number of carboxylic acid groups (broad SMARTS) is 1. The van der Waals surface area contributed by atoms with Gasteiger partial charge < -0.3 is 15.2 Å². The summed E-state index contributed by atoms with van der Waals surface area (Å²) in [5, 5.41) is 11.5. The number of nitrogens with one attached hydrogen (secondary N) is 1. The summed E-state index contributed by atoms with van der Waals surface area (Å²) in [6, 6.07) is 5.37. The van der Waals surface area contributed by atoms with Gasteiger partial charge in [0.2, 0.25) is 0 Å². The molecule has 1 aromatic rings. The van der Waals surface area contributed by atoms with E-state index in [9.17, 15) is 9.59 Å². The lowest BCUT2D eigenvalue weighted by Gasteiger charge is -2.22. The highest BCUT2D eigenvalue weighted by atomic mass is 16.5. The van der Waals surface area contributed by atoms with Crippen LogP contribution >= 0.6 is 0 Å². The highest BCUT2D eigenvalue weighted by molar-refractivity contribution is 5.95. The van der Waals surface area contributed by atoms with Crippen LogP contribution < -0.4 is 5.32 Å². The first-order valence-electron chi connectivity index (χ1n) is 7.00. The molecule has 1 aliphatic heterocycles. The fourth-order valence-corrected chi connectivity index (χ4v) is 2.26. The van der Waals surface area contributed by atoms with Crippen LogP contribution in [0.5, 0.6) is 0 Å². The van der Waals surface area contributed by atoms with Crippen LogP contribution in [0.25, 0.3) is 6.08 Å². The highest BCUT2D eigenvalue weighted by Crippen LogP contribution is 2.20. The molecule has 5 heteroatoms. The molecule has 0 aliphatic carbocycles. The first kappa shape index (κ1) is 15.3. The van der Waals surface area contributed by atoms with E-state index in [1.54, 1.807) is 12.1 Å². The maximum Gasteiger partial charge on any atom is 0.328 e. The summed E-state index contributed by atoms with van der Waals surface area (Å²) in [4.78, 5) is 22.6. The van der Waals surface area contributed by atoms with Crippen LogP contribution in [0.15, 0.2) is 24.3 Å². The van der Waals surface area contributed by atoms with Crippen molar-refractivity contribution >= 4 is 23.6 Å². The molecule has 1 unspecified atom stereocenters. The number of aliphatic carboxylic acids is 1. The van der Waals surface area contributed by atoms with E-state index in [1.807, 2.05) is 13.0 Å². The van der Waals surface area contributed by atoms with E-state index in [-0.39, 0.29) is 12.0 Å². The maximum absolute atomic E-state index is 12.1. The van der Waals surface area contributed by atoms with Gasteiger partial charge in [-0.25, -0.2) is 4.79 Å². The van der Waals surface area contributed by atoms with Crippen molar-refractivity contribution in [1.29, 1.82) is 0 Å². The van der Waals surface area contributed by atoms with Crippen LogP contribution in [0.2, 0.25) is 0 Å². The maximum atomic E-state index is 12.1. The number of carbonyl (C=O) groups excluding carboxylic acids is 1. The first-order valence-corrected chi connectivity index (χ1v) is 7.00. The normalized spacial score (nSPS) is 18.6. The molecule has 1 aromatic carbocycles. The average molecular weight is 289 g/mol. The van der Waals surface area contributed by atoms with Crippen LogP contribution in [0.4, 0.5) is 5.69 Å². The summed E-state index contributed by atoms with van der Waals surface area (Å²) >= 11 is 0. The van der Waals surface area contributed by atoms with Crippen molar-refractivity contribution in [3.63, 3.8) is 0 Å². The second-order valence-electron chi connectivity index (χ2n) is 5.09. The van der Waals surface area contributed by atoms with Crippen LogP contribution in [0.3, 0.4) is 0 Å².